The second-order valence-electron chi connectivity index (χ2n) is 9.00. The molecule has 4 heteroatoms. The third-order valence-corrected chi connectivity index (χ3v) is 11.4. The molecule has 0 aromatic carbocycles. The van der Waals surface area contributed by atoms with Gasteiger partial charge in [0.25, 0.3) is 0 Å². The highest BCUT2D eigenvalue weighted by atomic mass is 28.3. The monoisotopic (exact) mass is 336 g/mol. The van der Waals surface area contributed by atoms with E-state index in [9.17, 15) is 0 Å². The first kappa shape index (κ1) is 17.5. The largest absolute Gasteiger partial charge is 0.381 e. The maximum Gasteiger partial charge on any atom is 0.124 e. The number of hydrogen-bond donors (Lipinski definition) is 1. The van der Waals surface area contributed by atoms with Crippen LogP contribution in [0.2, 0.25) is 18.6 Å². The zero-order valence-corrected chi connectivity index (χ0v) is 17.3. The number of rotatable bonds is 3. The molecule has 2 fully saturated rings. The Labute approximate surface area is 143 Å². The normalized spacial score (nSPS) is 46.6. The molecule has 2 saturated carbocycles. The summed E-state index contributed by atoms with van der Waals surface area (Å²) in [5, 5.41) is 0. The van der Waals surface area contributed by atoms with Gasteiger partial charge in [-0.2, -0.15) is 0 Å². The van der Waals surface area contributed by atoms with Crippen LogP contribution in [0.3, 0.4) is 0 Å². The van der Waals surface area contributed by atoms with Gasteiger partial charge < -0.3 is 14.6 Å². The molecule has 0 radical (unpaired) electrons. The van der Waals surface area contributed by atoms with Crippen LogP contribution in [0, 0.1) is 29.6 Å². The summed E-state index contributed by atoms with van der Waals surface area (Å²) in [6, 6.07) is 0.698. The fourth-order valence-corrected chi connectivity index (χ4v) is 9.60. The van der Waals surface area contributed by atoms with Crippen molar-refractivity contribution in [3.05, 3.63) is 11.8 Å². The van der Waals surface area contributed by atoms with Crippen molar-refractivity contribution >= 4 is 8.24 Å². The van der Waals surface area contributed by atoms with Gasteiger partial charge in [0.2, 0.25) is 0 Å². The van der Waals surface area contributed by atoms with Gasteiger partial charge in [-0.1, -0.05) is 33.0 Å². The Kier molecular flexibility index (Phi) is 4.48. The molecule has 8 atom stereocenters. The minimum absolute atomic E-state index is 0.426. The van der Waals surface area contributed by atoms with Crippen LogP contribution in [-0.4, -0.2) is 46.5 Å². The van der Waals surface area contributed by atoms with Gasteiger partial charge in [-0.15, -0.1) is 0 Å². The minimum atomic E-state index is -1.50. The molecule has 8 unspecified atom stereocenters. The number of fused-ring (bicyclic) bond motifs is 3. The van der Waals surface area contributed by atoms with Gasteiger partial charge in [-0.05, 0) is 49.6 Å². The summed E-state index contributed by atoms with van der Waals surface area (Å²) in [7, 11) is 4.93. The maximum atomic E-state index is 5.95. The van der Waals surface area contributed by atoms with Gasteiger partial charge in [0, 0.05) is 31.8 Å². The molecule has 1 aliphatic heterocycles. The Morgan fingerprint density at radius 1 is 1.30 bits per heavy atom. The lowest BCUT2D eigenvalue weighted by Crippen LogP contribution is -2.55. The summed E-state index contributed by atoms with van der Waals surface area (Å²) in [5.74, 6) is 3.72. The van der Waals surface area contributed by atoms with Gasteiger partial charge in [0.05, 0.1) is 6.10 Å². The highest BCUT2D eigenvalue weighted by Gasteiger charge is 2.62. The zero-order chi connectivity index (χ0) is 17.1. The third kappa shape index (κ3) is 2.44. The number of nitrogens with one attached hydrogen (secondary N) is 1. The molecular formula is C19H36N2OSi. The Bertz CT molecular complexity index is 492. The lowest BCUT2D eigenvalue weighted by atomic mass is 9.66. The zero-order valence-electron chi connectivity index (χ0n) is 16.3. The van der Waals surface area contributed by atoms with E-state index in [-0.39, 0.29) is 0 Å². The van der Waals surface area contributed by atoms with E-state index in [0.717, 1.165) is 23.3 Å². The summed E-state index contributed by atoms with van der Waals surface area (Å²) in [5.41, 5.74) is 2.28. The predicted octanol–water partition coefficient (Wildman–Crippen LogP) is 3.55. The highest BCUT2D eigenvalue weighted by molar-refractivity contribution is 6.76. The molecule has 3 aliphatic rings. The van der Waals surface area contributed by atoms with Crippen molar-refractivity contribution in [1.82, 2.24) is 9.88 Å². The van der Waals surface area contributed by atoms with Crippen LogP contribution in [0.15, 0.2) is 11.8 Å². The Morgan fingerprint density at radius 3 is 2.52 bits per heavy atom. The summed E-state index contributed by atoms with van der Waals surface area (Å²) >= 11 is 0. The molecule has 2 aliphatic carbocycles. The number of nitrogens with zero attached hydrogens (tertiary/aromatic N) is 1. The van der Waals surface area contributed by atoms with Crippen LogP contribution in [0.4, 0.5) is 0 Å². The number of allylic oxidation sites excluding steroid dienone is 1. The second kappa shape index (κ2) is 5.89. The summed E-state index contributed by atoms with van der Waals surface area (Å²) in [6.07, 6.45) is 4.35. The van der Waals surface area contributed by atoms with Crippen LogP contribution < -0.4 is 4.98 Å². The van der Waals surface area contributed by atoms with E-state index in [0.29, 0.717) is 24.0 Å². The van der Waals surface area contributed by atoms with E-state index < -0.39 is 8.24 Å². The van der Waals surface area contributed by atoms with Crippen LogP contribution in [0.1, 0.15) is 27.2 Å². The van der Waals surface area contributed by atoms with Crippen molar-refractivity contribution in [3.63, 3.8) is 0 Å². The fourth-order valence-electron chi connectivity index (χ4n) is 6.45. The molecule has 0 spiro atoms. The molecule has 1 heterocycles. The Balaban J connectivity index is 2.04. The SMILES string of the molecule is CN[Si](C)(C)C1C2C(C)C(OC)C(C)CC2C2C=C(C)N(C)C21. The van der Waals surface area contributed by atoms with Crippen LogP contribution in [0.5, 0.6) is 0 Å². The van der Waals surface area contributed by atoms with Crippen LogP contribution >= 0.6 is 0 Å². The molecule has 0 amide bonds. The van der Waals surface area contributed by atoms with E-state index >= 15 is 0 Å². The van der Waals surface area contributed by atoms with E-state index in [1.807, 2.05) is 7.11 Å². The highest BCUT2D eigenvalue weighted by Crippen LogP contribution is 2.62. The molecule has 1 N–H and O–H groups in total. The van der Waals surface area contributed by atoms with Gasteiger partial charge in [-0.25, -0.2) is 0 Å². The van der Waals surface area contributed by atoms with E-state index in [4.69, 9.17) is 4.74 Å². The average molecular weight is 337 g/mol. The lowest BCUT2D eigenvalue weighted by molar-refractivity contribution is -0.0516. The molecule has 23 heavy (non-hydrogen) atoms. The molecular weight excluding hydrogens is 300 g/mol. The summed E-state index contributed by atoms with van der Waals surface area (Å²) in [4.78, 5) is 6.37. The van der Waals surface area contributed by atoms with E-state index in [2.05, 4.69) is 63.9 Å². The molecule has 0 bridgehead atoms. The van der Waals surface area contributed by atoms with Gasteiger partial charge in [0.1, 0.15) is 8.24 Å². The Morgan fingerprint density at radius 2 is 1.96 bits per heavy atom. The van der Waals surface area contributed by atoms with E-state index in [1.165, 1.54) is 12.1 Å². The quantitative estimate of drug-likeness (QED) is 0.798. The van der Waals surface area contributed by atoms with Gasteiger partial charge >= 0.3 is 0 Å². The molecule has 3 nitrogen and oxygen atoms in total. The molecule has 0 aromatic rings. The van der Waals surface area contributed by atoms with Crippen molar-refractivity contribution in [2.75, 3.05) is 21.2 Å². The van der Waals surface area contributed by atoms with Crippen molar-refractivity contribution in [2.24, 2.45) is 29.6 Å². The van der Waals surface area contributed by atoms with Gasteiger partial charge in [-0.3, -0.25) is 0 Å². The molecule has 132 valence electrons. The number of hydrogen-bond acceptors (Lipinski definition) is 3. The second-order valence-corrected chi connectivity index (χ2v) is 13.6. The first-order valence-electron chi connectivity index (χ1n) is 9.37. The maximum absolute atomic E-state index is 5.95. The third-order valence-electron chi connectivity index (χ3n) is 7.68. The molecule has 0 aromatic heterocycles. The lowest BCUT2D eigenvalue weighted by Gasteiger charge is -2.48. The smallest absolute Gasteiger partial charge is 0.124 e. The average Bonchev–Trinajstić information content (AvgIpc) is 2.96. The van der Waals surface area contributed by atoms with Crippen molar-refractivity contribution in [3.8, 4) is 0 Å². The van der Waals surface area contributed by atoms with Crippen LogP contribution in [0.25, 0.3) is 0 Å². The van der Waals surface area contributed by atoms with Crippen molar-refractivity contribution < 1.29 is 4.74 Å². The Hall–Kier alpha value is -0.323. The first-order chi connectivity index (χ1) is 10.7. The fraction of sp³-hybridized carbons (Fsp3) is 0.895. The predicted molar refractivity (Wildman–Crippen MR) is 99.8 cm³/mol. The number of methoxy groups -OCH3 is 1. The number of ether oxygens (including phenoxy) is 1. The topological polar surface area (TPSA) is 24.5 Å². The molecule has 3 rings (SSSR count). The molecule has 0 saturated heterocycles. The minimum Gasteiger partial charge on any atom is -0.381 e. The summed E-state index contributed by atoms with van der Waals surface area (Å²) < 4.78 is 5.95. The van der Waals surface area contributed by atoms with Crippen molar-refractivity contribution in [2.45, 2.75) is 58.0 Å². The van der Waals surface area contributed by atoms with Crippen molar-refractivity contribution in [1.29, 1.82) is 0 Å². The summed E-state index contributed by atoms with van der Waals surface area (Å²) in [6.45, 7) is 12.2. The first-order valence-corrected chi connectivity index (χ1v) is 12.4. The van der Waals surface area contributed by atoms with Crippen LogP contribution in [-0.2, 0) is 4.74 Å². The van der Waals surface area contributed by atoms with E-state index in [1.54, 1.807) is 0 Å². The van der Waals surface area contributed by atoms with Gasteiger partial charge in [0.15, 0.2) is 0 Å². The standard InChI is InChI=1S/C19H36N2OSi/c1-11-9-14-15-10-12(2)21(5)17(15)19(23(7,8)20-4)16(14)13(3)18(11)22-6/h10-11,13-20H,9H2,1-8H3.